The van der Waals surface area contributed by atoms with Gasteiger partial charge in [0.25, 0.3) is 11.8 Å². The summed E-state index contributed by atoms with van der Waals surface area (Å²) in [6.45, 7) is 2.91. The molecular weight excluding hydrogens is 481 g/mol. The lowest BCUT2D eigenvalue weighted by molar-refractivity contribution is -0.0956. The van der Waals surface area contributed by atoms with Crippen molar-refractivity contribution >= 4 is 17.5 Å². The van der Waals surface area contributed by atoms with Gasteiger partial charge in [0.15, 0.2) is 23.2 Å². The molecule has 1 aromatic carbocycles. The average molecular weight is 504 g/mol. The fourth-order valence-electron chi connectivity index (χ4n) is 5.20. The number of oxime groups is 1. The maximum absolute atomic E-state index is 15.5. The minimum absolute atomic E-state index is 0.0143. The van der Waals surface area contributed by atoms with Gasteiger partial charge in [-0.15, -0.1) is 0 Å². The van der Waals surface area contributed by atoms with Gasteiger partial charge in [-0.05, 0) is 32.8 Å². The van der Waals surface area contributed by atoms with Gasteiger partial charge in [0, 0.05) is 37.0 Å². The first-order chi connectivity index (χ1) is 17.0. The van der Waals surface area contributed by atoms with Crippen LogP contribution in [0.3, 0.4) is 0 Å². The quantitative estimate of drug-likeness (QED) is 0.667. The molecule has 2 aromatic rings. The largest absolute Gasteiger partial charge is 0.503 e. The number of fused-ring (bicyclic) bond motifs is 5. The van der Waals surface area contributed by atoms with Crippen molar-refractivity contribution in [1.29, 1.82) is 0 Å². The second-order valence-electron chi connectivity index (χ2n) is 9.40. The third kappa shape index (κ3) is 3.46. The standard InChI is InChI=1S/C24H23F3N4O5/c1-11-5-6-24(21(27)12(2)29-36-24)17-10-30(11)23(35)18-20(33)19(32)15(9-31(17)18)22(34)28-8-13-3-4-14(25)7-16(13)26/h3-4,7,9,11,17,21,33H,5-6,8,10H2,1-2H3,(H,28,34)/t11-,17+,21-,24+/m0/s1. The van der Waals surface area contributed by atoms with E-state index in [-0.39, 0.29) is 42.5 Å². The molecule has 0 radical (unpaired) electrons. The smallest absolute Gasteiger partial charge is 0.274 e. The summed E-state index contributed by atoms with van der Waals surface area (Å²) in [7, 11) is 0. The highest BCUT2D eigenvalue weighted by Gasteiger charge is 2.59. The van der Waals surface area contributed by atoms with Crippen molar-refractivity contribution in [3.63, 3.8) is 0 Å². The number of hydrogen-bond acceptors (Lipinski definition) is 6. The molecule has 2 N–H and O–H groups in total. The molecule has 9 nitrogen and oxygen atoms in total. The Hall–Kier alpha value is -3.83. The summed E-state index contributed by atoms with van der Waals surface area (Å²) in [6.07, 6.45) is 0.0648. The monoisotopic (exact) mass is 504 g/mol. The fraction of sp³-hybridized carbons (Fsp3) is 0.417. The number of halogens is 3. The fourth-order valence-corrected chi connectivity index (χ4v) is 5.20. The molecule has 1 spiro atoms. The zero-order chi connectivity index (χ0) is 25.9. The number of carbonyl (C=O) groups excluding carboxylic acids is 2. The van der Waals surface area contributed by atoms with E-state index in [9.17, 15) is 28.3 Å². The van der Waals surface area contributed by atoms with Crippen LogP contribution in [0.15, 0.2) is 34.3 Å². The maximum Gasteiger partial charge on any atom is 0.274 e. The Labute approximate surface area is 203 Å². The molecule has 0 saturated carbocycles. The number of rotatable bonds is 3. The van der Waals surface area contributed by atoms with Crippen molar-refractivity contribution < 1.29 is 32.7 Å². The third-order valence-electron chi connectivity index (χ3n) is 7.28. The van der Waals surface area contributed by atoms with Crippen molar-refractivity contribution in [2.24, 2.45) is 5.16 Å². The van der Waals surface area contributed by atoms with Crippen LogP contribution in [0, 0.1) is 11.6 Å². The Morgan fingerprint density at radius 3 is 2.75 bits per heavy atom. The van der Waals surface area contributed by atoms with E-state index in [1.807, 2.05) is 0 Å². The van der Waals surface area contributed by atoms with Crippen LogP contribution in [0.4, 0.5) is 13.2 Å². The Bertz CT molecular complexity index is 1380. The first kappa shape index (κ1) is 23.9. The van der Waals surface area contributed by atoms with E-state index in [2.05, 4.69) is 10.5 Å². The van der Waals surface area contributed by atoms with Gasteiger partial charge in [-0.3, -0.25) is 14.4 Å². The lowest BCUT2D eigenvalue weighted by atomic mass is 9.82. The summed E-state index contributed by atoms with van der Waals surface area (Å²) in [6, 6.07) is 1.59. The molecule has 0 unspecified atom stereocenters. The number of aromatic nitrogens is 1. The molecular formula is C24H23F3N4O5. The Morgan fingerprint density at radius 2 is 2.08 bits per heavy atom. The number of carbonyl (C=O) groups is 2. The molecule has 36 heavy (non-hydrogen) atoms. The molecule has 4 atom stereocenters. The van der Waals surface area contributed by atoms with Crippen LogP contribution in [0.5, 0.6) is 5.75 Å². The van der Waals surface area contributed by atoms with Crippen LogP contribution >= 0.6 is 0 Å². The van der Waals surface area contributed by atoms with Gasteiger partial charge in [0.1, 0.15) is 17.2 Å². The summed E-state index contributed by atoms with van der Waals surface area (Å²) in [4.78, 5) is 46.1. The molecule has 1 fully saturated rings. The molecule has 1 saturated heterocycles. The lowest BCUT2D eigenvalue weighted by Crippen LogP contribution is -2.55. The van der Waals surface area contributed by atoms with E-state index in [4.69, 9.17) is 4.84 Å². The Balaban J connectivity index is 1.57. The van der Waals surface area contributed by atoms with E-state index in [1.165, 1.54) is 16.4 Å². The minimum atomic E-state index is -1.61. The second-order valence-corrected chi connectivity index (χ2v) is 9.40. The van der Waals surface area contributed by atoms with Gasteiger partial charge in [0.05, 0.1) is 11.8 Å². The molecule has 0 aliphatic carbocycles. The Kier molecular flexibility index (Phi) is 5.56. The molecule has 5 rings (SSSR count). The Morgan fingerprint density at radius 1 is 1.33 bits per heavy atom. The zero-order valence-corrected chi connectivity index (χ0v) is 19.4. The van der Waals surface area contributed by atoms with Crippen LogP contribution in [0.2, 0.25) is 0 Å². The van der Waals surface area contributed by atoms with Crippen LogP contribution in [-0.2, 0) is 11.4 Å². The number of pyridine rings is 1. The van der Waals surface area contributed by atoms with E-state index in [0.717, 1.165) is 18.3 Å². The molecule has 2 bridgehead atoms. The predicted molar refractivity (Wildman–Crippen MR) is 120 cm³/mol. The highest BCUT2D eigenvalue weighted by molar-refractivity contribution is 5.99. The average Bonchev–Trinajstić information content (AvgIpc) is 3.05. The van der Waals surface area contributed by atoms with Crippen LogP contribution in [-0.4, -0.2) is 56.5 Å². The maximum atomic E-state index is 15.5. The third-order valence-corrected chi connectivity index (χ3v) is 7.28. The number of amides is 2. The summed E-state index contributed by atoms with van der Waals surface area (Å²) in [5.74, 6) is -4.22. The number of alkyl halides is 1. The van der Waals surface area contributed by atoms with E-state index in [1.54, 1.807) is 6.92 Å². The van der Waals surface area contributed by atoms with Crippen molar-refractivity contribution in [3.05, 3.63) is 63.1 Å². The molecule has 3 aliphatic heterocycles. The van der Waals surface area contributed by atoms with Gasteiger partial charge < -0.3 is 24.7 Å². The summed E-state index contributed by atoms with van der Waals surface area (Å²) in [5.41, 5.74) is -3.41. The summed E-state index contributed by atoms with van der Waals surface area (Å²) in [5, 5.41) is 17.0. The van der Waals surface area contributed by atoms with E-state index in [0.29, 0.717) is 12.5 Å². The van der Waals surface area contributed by atoms with Crippen LogP contribution < -0.4 is 10.7 Å². The number of aromatic hydroxyl groups is 1. The van der Waals surface area contributed by atoms with Gasteiger partial charge in [-0.25, -0.2) is 13.2 Å². The topological polar surface area (TPSA) is 113 Å². The van der Waals surface area contributed by atoms with Crippen molar-refractivity contribution in [2.45, 2.75) is 57.1 Å². The predicted octanol–water partition coefficient (Wildman–Crippen LogP) is 2.42. The van der Waals surface area contributed by atoms with Gasteiger partial charge in [0.2, 0.25) is 5.43 Å². The highest BCUT2D eigenvalue weighted by atomic mass is 19.1. The minimum Gasteiger partial charge on any atom is -0.503 e. The van der Waals surface area contributed by atoms with Crippen LogP contribution in [0.1, 0.15) is 59.1 Å². The SMILES string of the molecule is CC1=NO[C@@]2(CC[C@H](C)N3C[C@H]2n2cc(C(=O)NCc4ccc(F)cc4F)c(=O)c(O)c2C3=O)[C@H]1F. The second kappa shape index (κ2) is 8.38. The van der Waals surface area contributed by atoms with Crippen molar-refractivity contribution in [1.82, 2.24) is 14.8 Å². The molecule has 4 heterocycles. The summed E-state index contributed by atoms with van der Waals surface area (Å²) < 4.78 is 43.9. The highest BCUT2D eigenvalue weighted by Crippen LogP contribution is 2.47. The van der Waals surface area contributed by atoms with Crippen molar-refractivity contribution in [2.75, 3.05) is 6.54 Å². The number of benzene rings is 1. The van der Waals surface area contributed by atoms with Gasteiger partial charge in [-0.2, -0.15) is 0 Å². The number of nitrogens with one attached hydrogen (secondary N) is 1. The van der Waals surface area contributed by atoms with Gasteiger partial charge in [-0.1, -0.05) is 11.2 Å². The zero-order valence-electron chi connectivity index (χ0n) is 19.4. The van der Waals surface area contributed by atoms with Crippen LogP contribution in [0.25, 0.3) is 0 Å². The molecule has 3 aliphatic rings. The van der Waals surface area contributed by atoms with Gasteiger partial charge >= 0.3 is 0 Å². The molecule has 2 amide bonds. The van der Waals surface area contributed by atoms with E-state index < -0.39 is 58.0 Å². The van der Waals surface area contributed by atoms with Crippen molar-refractivity contribution in [3.8, 4) is 5.75 Å². The molecule has 12 heteroatoms. The first-order valence-corrected chi connectivity index (χ1v) is 11.4. The van der Waals surface area contributed by atoms with E-state index >= 15 is 4.39 Å². The molecule has 1 aromatic heterocycles. The normalized spacial score (nSPS) is 26.8. The summed E-state index contributed by atoms with van der Waals surface area (Å²) >= 11 is 0. The number of hydrogen-bond donors (Lipinski definition) is 2. The lowest BCUT2D eigenvalue weighted by Gasteiger charge is -2.42. The number of nitrogens with zero attached hydrogens (tertiary/aromatic N) is 3. The first-order valence-electron chi connectivity index (χ1n) is 11.4. The molecule has 190 valence electrons.